The average molecular weight is 447 g/mol. The summed E-state index contributed by atoms with van der Waals surface area (Å²) in [7, 11) is 1.31. The number of likely N-dealkylation sites (tertiary alicyclic amines) is 1. The van der Waals surface area contributed by atoms with E-state index in [9.17, 15) is 9.59 Å². The molecule has 0 unspecified atom stereocenters. The maximum Gasteiger partial charge on any atom is 0.411 e. The van der Waals surface area contributed by atoms with Crippen molar-refractivity contribution in [2.45, 2.75) is 44.9 Å². The Hall–Kier alpha value is -1.51. The first-order valence-corrected chi connectivity index (χ1v) is 8.77. The zero-order chi connectivity index (χ0) is 17.9. The highest BCUT2D eigenvalue weighted by atomic mass is 127. The summed E-state index contributed by atoms with van der Waals surface area (Å²) in [4.78, 5) is 25.8. The number of benzene rings is 1. The summed E-state index contributed by atoms with van der Waals surface area (Å²) < 4.78 is 17.2. The highest BCUT2D eigenvalue weighted by Crippen LogP contribution is 2.26. The number of amides is 1. The number of rotatable bonds is 3. The fourth-order valence-corrected chi connectivity index (χ4v) is 2.83. The van der Waals surface area contributed by atoms with Crippen LogP contribution in [0.2, 0.25) is 0 Å². The van der Waals surface area contributed by atoms with Crippen molar-refractivity contribution in [2.75, 3.05) is 13.7 Å². The van der Waals surface area contributed by atoms with Crippen LogP contribution in [0.3, 0.4) is 0 Å². The molecule has 0 spiro atoms. The second kappa shape index (κ2) is 7.58. The van der Waals surface area contributed by atoms with Crippen molar-refractivity contribution in [1.82, 2.24) is 4.90 Å². The zero-order valence-corrected chi connectivity index (χ0v) is 16.4. The number of hydrogen-bond acceptors (Lipinski definition) is 5. The number of hydrogen-bond donors (Lipinski definition) is 0. The molecule has 0 radical (unpaired) electrons. The summed E-state index contributed by atoms with van der Waals surface area (Å²) in [6.45, 7) is 5.63. The third kappa shape index (κ3) is 4.99. The van der Waals surface area contributed by atoms with Crippen LogP contribution in [-0.2, 0) is 14.3 Å². The van der Waals surface area contributed by atoms with Crippen molar-refractivity contribution in [2.24, 2.45) is 0 Å². The van der Waals surface area contributed by atoms with Crippen molar-refractivity contribution in [3.8, 4) is 5.75 Å². The van der Waals surface area contributed by atoms with Crippen molar-refractivity contribution in [3.63, 3.8) is 0 Å². The Labute approximate surface area is 155 Å². The van der Waals surface area contributed by atoms with E-state index in [2.05, 4.69) is 22.6 Å². The van der Waals surface area contributed by atoms with E-state index in [1.54, 1.807) is 20.8 Å². The molecule has 0 bridgehead atoms. The van der Waals surface area contributed by atoms with Crippen LogP contribution in [0.1, 0.15) is 27.2 Å². The maximum absolute atomic E-state index is 12.4. The first-order chi connectivity index (χ1) is 11.2. The van der Waals surface area contributed by atoms with Crippen LogP contribution in [0.4, 0.5) is 4.79 Å². The summed E-state index contributed by atoms with van der Waals surface area (Å²) in [6.07, 6.45) is -0.453. The van der Waals surface area contributed by atoms with E-state index in [0.29, 0.717) is 12.2 Å². The van der Waals surface area contributed by atoms with Gasteiger partial charge in [0.1, 0.15) is 23.5 Å². The summed E-state index contributed by atoms with van der Waals surface area (Å²) in [6, 6.07) is 6.91. The maximum atomic E-state index is 12.4. The number of carbonyl (C=O) groups is 2. The smallest absolute Gasteiger partial charge is 0.411 e. The molecule has 0 saturated carbocycles. The Bertz CT molecular complexity index is 596. The van der Waals surface area contributed by atoms with Gasteiger partial charge in [-0.15, -0.1) is 0 Å². The quantitative estimate of drug-likeness (QED) is 0.526. The third-order valence-electron chi connectivity index (χ3n) is 3.48. The second-order valence-corrected chi connectivity index (χ2v) is 7.85. The molecule has 1 aliphatic rings. The molecule has 1 amide bonds. The van der Waals surface area contributed by atoms with Crippen LogP contribution in [0.15, 0.2) is 24.3 Å². The van der Waals surface area contributed by atoms with Crippen LogP contribution in [0.5, 0.6) is 5.75 Å². The predicted molar refractivity (Wildman–Crippen MR) is 96.9 cm³/mol. The van der Waals surface area contributed by atoms with Crippen molar-refractivity contribution in [1.29, 1.82) is 0 Å². The van der Waals surface area contributed by atoms with Gasteiger partial charge < -0.3 is 14.2 Å². The van der Waals surface area contributed by atoms with E-state index in [0.717, 1.165) is 3.57 Å². The fourth-order valence-electron chi connectivity index (χ4n) is 2.47. The number of esters is 1. The Morgan fingerprint density at radius 1 is 1.21 bits per heavy atom. The molecule has 0 aromatic heterocycles. The van der Waals surface area contributed by atoms with Gasteiger partial charge in [0.25, 0.3) is 0 Å². The highest BCUT2D eigenvalue weighted by molar-refractivity contribution is 14.1. The molecule has 7 heteroatoms. The van der Waals surface area contributed by atoms with Gasteiger partial charge >= 0.3 is 12.1 Å². The Morgan fingerprint density at radius 3 is 2.38 bits per heavy atom. The fraction of sp³-hybridized carbons (Fsp3) is 0.529. The molecule has 1 aromatic rings. The molecular weight excluding hydrogens is 425 g/mol. The topological polar surface area (TPSA) is 65.1 Å². The lowest BCUT2D eigenvalue weighted by molar-refractivity contribution is -0.145. The summed E-state index contributed by atoms with van der Waals surface area (Å²) in [5.74, 6) is 0.240. The van der Waals surface area contributed by atoms with E-state index >= 15 is 0 Å². The van der Waals surface area contributed by atoms with Crippen LogP contribution in [-0.4, -0.2) is 48.4 Å². The summed E-state index contributed by atoms with van der Waals surface area (Å²) in [5, 5.41) is 0. The normalized spacial score (nSPS) is 20.6. The lowest BCUT2D eigenvalue weighted by Gasteiger charge is -2.27. The Kier molecular flexibility index (Phi) is 5.95. The SMILES string of the molecule is COC(=O)[C@H]1C[C@@H](Oc2ccc(I)cc2)CN1C(=O)OC(C)(C)C. The second-order valence-electron chi connectivity index (χ2n) is 6.60. The van der Waals surface area contributed by atoms with Crippen LogP contribution in [0.25, 0.3) is 0 Å². The molecule has 1 saturated heterocycles. The van der Waals surface area contributed by atoms with Crippen molar-refractivity contribution >= 4 is 34.7 Å². The minimum absolute atomic E-state index is 0.278. The van der Waals surface area contributed by atoms with E-state index < -0.39 is 23.7 Å². The molecule has 1 aromatic carbocycles. The Balaban J connectivity index is 2.09. The van der Waals surface area contributed by atoms with Gasteiger partial charge in [-0.05, 0) is 67.6 Å². The molecule has 0 aliphatic carbocycles. The predicted octanol–water partition coefficient (Wildman–Crippen LogP) is 3.22. The molecule has 0 N–H and O–H groups in total. The summed E-state index contributed by atoms with van der Waals surface area (Å²) >= 11 is 2.22. The van der Waals surface area contributed by atoms with E-state index in [-0.39, 0.29) is 12.6 Å². The molecule has 1 heterocycles. The van der Waals surface area contributed by atoms with Crippen LogP contribution in [0, 0.1) is 3.57 Å². The minimum atomic E-state index is -0.696. The Morgan fingerprint density at radius 2 is 1.83 bits per heavy atom. The lowest BCUT2D eigenvalue weighted by Crippen LogP contribution is -2.44. The van der Waals surface area contributed by atoms with Gasteiger partial charge in [-0.1, -0.05) is 0 Å². The minimum Gasteiger partial charge on any atom is -0.488 e. The van der Waals surface area contributed by atoms with Gasteiger partial charge in [-0.25, -0.2) is 9.59 Å². The van der Waals surface area contributed by atoms with E-state index in [4.69, 9.17) is 14.2 Å². The van der Waals surface area contributed by atoms with Gasteiger partial charge in [0, 0.05) is 9.99 Å². The lowest BCUT2D eigenvalue weighted by atomic mass is 10.2. The number of nitrogens with zero attached hydrogens (tertiary/aromatic N) is 1. The largest absolute Gasteiger partial charge is 0.488 e. The van der Waals surface area contributed by atoms with Gasteiger partial charge in [-0.3, -0.25) is 4.90 Å². The average Bonchev–Trinajstić information content (AvgIpc) is 2.91. The van der Waals surface area contributed by atoms with Gasteiger partial charge in [0.15, 0.2) is 0 Å². The van der Waals surface area contributed by atoms with E-state index in [1.807, 2.05) is 24.3 Å². The molecule has 2 rings (SSSR count). The van der Waals surface area contributed by atoms with Gasteiger partial charge in [0.05, 0.1) is 13.7 Å². The van der Waals surface area contributed by atoms with Crippen LogP contribution < -0.4 is 4.74 Å². The molecule has 6 nitrogen and oxygen atoms in total. The molecule has 24 heavy (non-hydrogen) atoms. The van der Waals surface area contributed by atoms with Gasteiger partial charge in [0.2, 0.25) is 0 Å². The van der Waals surface area contributed by atoms with E-state index in [1.165, 1.54) is 12.0 Å². The summed E-state index contributed by atoms with van der Waals surface area (Å²) in [5.41, 5.74) is -0.632. The van der Waals surface area contributed by atoms with Gasteiger partial charge in [-0.2, -0.15) is 0 Å². The molecule has 1 fully saturated rings. The monoisotopic (exact) mass is 447 g/mol. The molecule has 1 aliphatic heterocycles. The number of ether oxygens (including phenoxy) is 3. The molecule has 2 atom stereocenters. The molecular formula is C17H22INO5. The molecule has 132 valence electrons. The number of halogens is 1. The number of carbonyl (C=O) groups excluding carboxylic acids is 2. The first kappa shape index (κ1) is 18.8. The van der Waals surface area contributed by atoms with Crippen molar-refractivity contribution in [3.05, 3.63) is 27.8 Å². The zero-order valence-electron chi connectivity index (χ0n) is 14.2. The van der Waals surface area contributed by atoms with Crippen molar-refractivity contribution < 1.29 is 23.8 Å². The highest BCUT2D eigenvalue weighted by Gasteiger charge is 2.43. The third-order valence-corrected chi connectivity index (χ3v) is 4.20. The standard InChI is InChI=1S/C17H22INO5/c1-17(2,3)24-16(21)19-10-13(9-14(19)15(20)22-4)23-12-7-5-11(18)6-8-12/h5-8,13-14H,9-10H2,1-4H3/t13-,14-/m1/s1. The van der Waals surface area contributed by atoms with Crippen LogP contribution >= 0.6 is 22.6 Å². The first-order valence-electron chi connectivity index (χ1n) is 7.69. The number of methoxy groups -OCH3 is 1.